The number of carbonyl (C=O) groups is 1. The number of halogens is 4. The summed E-state index contributed by atoms with van der Waals surface area (Å²) in [6.45, 7) is -0.0821. The molecule has 0 atom stereocenters. The first-order chi connectivity index (χ1) is 12.9. The third-order valence-electron chi connectivity index (χ3n) is 4.01. The lowest BCUT2D eigenvalue weighted by Gasteiger charge is -2.15. The number of aromatic nitrogens is 2. The van der Waals surface area contributed by atoms with Crippen LogP contribution in [0.15, 0.2) is 24.3 Å². The molecule has 146 valence electrons. The molecule has 27 heavy (non-hydrogen) atoms. The summed E-state index contributed by atoms with van der Waals surface area (Å²) in [6.07, 6.45) is -4.24. The van der Waals surface area contributed by atoms with Gasteiger partial charge in [-0.3, -0.25) is 9.48 Å². The van der Waals surface area contributed by atoms with Crippen molar-refractivity contribution in [3.63, 3.8) is 0 Å². The van der Waals surface area contributed by atoms with E-state index in [2.05, 4.69) is 10.4 Å². The first-order valence-corrected chi connectivity index (χ1v) is 8.24. The molecule has 0 unspecified atom stereocenters. The molecule has 1 N–H and O–H groups in total. The number of ether oxygens (including phenoxy) is 2. The predicted molar refractivity (Wildman–Crippen MR) is 85.5 cm³/mol. The van der Waals surface area contributed by atoms with Gasteiger partial charge in [-0.2, -0.15) is 18.3 Å². The molecule has 1 aromatic carbocycles. The Bertz CT molecular complexity index is 820. The first-order valence-electron chi connectivity index (χ1n) is 8.24. The van der Waals surface area contributed by atoms with E-state index in [0.717, 1.165) is 0 Å². The zero-order chi connectivity index (χ0) is 19.4. The van der Waals surface area contributed by atoms with Crippen LogP contribution in [0.4, 0.5) is 17.6 Å². The molecular formula is C17H17F4N3O3. The van der Waals surface area contributed by atoms with Crippen LogP contribution in [0.3, 0.4) is 0 Å². The van der Waals surface area contributed by atoms with Gasteiger partial charge in [0.15, 0.2) is 23.9 Å². The number of nitrogens with one attached hydrogen (secondary N) is 1. The second kappa shape index (κ2) is 7.95. The van der Waals surface area contributed by atoms with Crippen LogP contribution < -0.4 is 10.1 Å². The molecule has 1 aliphatic rings. The van der Waals surface area contributed by atoms with Crippen LogP contribution in [-0.4, -0.2) is 35.4 Å². The molecule has 6 nitrogen and oxygen atoms in total. The van der Waals surface area contributed by atoms with Gasteiger partial charge in [0.1, 0.15) is 0 Å². The summed E-state index contributed by atoms with van der Waals surface area (Å²) in [5.74, 6) is -1.15. The summed E-state index contributed by atoms with van der Waals surface area (Å²) in [6, 6.07) is 5.65. The average Bonchev–Trinajstić information content (AvgIpc) is 3.00. The van der Waals surface area contributed by atoms with Gasteiger partial charge < -0.3 is 14.8 Å². The number of carbonyl (C=O) groups excluding carboxylic acids is 1. The van der Waals surface area contributed by atoms with Crippen LogP contribution in [0.1, 0.15) is 17.0 Å². The average molecular weight is 387 g/mol. The standard InChI is InChI=1S/C17H17F4N3O3/c18-12-3-1-2-4-14(12)27-10-15(25)22-6-7-24-13-5-8-26-9-11(13)16(23-24)17(19,20)21/h1-4H,5-10H2,(H,22,25). The summed E-state index contributed by atoms with van der Waals surface area (Å²) in [4.78, 5) is 11.8. The SMILES string of the molecule is O=C(COc1ccccc1F)NCCn1nc(C(F)(F)F)c2c1CCOC2. The molecule has 1 aromatic heterocycles. The maximum Gasteiger partial charge on any atom is 0.435 e. The maximum absolute atomic E-state index is 13.4. The van der Waals surface area contributed by atoms with E-state index in [0.29, 0.717) is 18.7 Å². The van der Waals surface area contributed by atoms with E-state index in [1.54, 1.807) is 6.07 Å². The lowest BCUT2D eigenvalue weighted by Crippen LogP contribution is -2.32. The Hall–Kier alpha value is -2.62. The number of fused-ring (bicyclic) bond motifs is 1. The van der Waals surface area contributed by atoms with Gasteiger partial charge in [-0.15, -0.1) is 0 Å². The van der Waals surface area contributed by atoms with E-state index < -0.39 is 30.2 Å². The van der Waals surface area contributed by atoms with Gasteiger partial charge >= 0.3 is 6.18 Å². The lowest BCUT2D eigenvalue weighted by molar-refractivity contribution is -0.142. The number of nitrogens with zero attached hydrogens (tertiary/aromatic N) is 2. The van der Waals surface area contributed by atoms with E-state index in [1.165, 1.54) is 22.9 Å². The molecule has 10 heteroatoms. The van der Waals surface area contributed by atoms with Gasteiger partial charge in [0.05, 0.1) is 19.8 Å². The Balaban J connectivity index is 1.55. The van der Waals surface area contributed by atoms with E-state index in [-0.39, 0.29) is 31.0 Å². The van der Waals surface area contributed by atoms with Crippen molar-refractivity contribution in [3.05, 3.63) is 47.0 Å². The van der Waals surface area contributed by atoms with Crippen molar-refractivity contribution in [3.8, 4) is 5.75 Å². The molecule has 0 saturated heterocycles. The molecule has 1 amide bonds. The first kappa shape index (κ1) is 19.2. The van der Waals surface area contributed by atoms with Crippen molar-refractivity contribution in [2.24, 2.45) is 0 Å². The Morgan fingerprint density at radius 2 is 2.11 bits per heavy atom. The van der Waals surface area contributed by atoms with E-state index in [4.69, 9.17) is 9.47 Å². The fourth-order valence-electron chi connectivity index (χ4n) is 2.78. The van der Waals surface area contributed by atoms with Gasteiger partial charge in [-0.05, 0) is 12.1 Å². The fourth-order valence-corrected chi connectivity index (χ4v) is 2.78. The number of rotatable bonds is 6. The van der Waals surface area contributed by atoms with Crippen LogP contribution in [0.25, 0.3) is 0 Å². The minimum atomic E-state index is -4.56. The summed E-state index contributed by atoms with van der Waals surface area (Å²) >= 11 is 0. The summed E-state index contributed by atoms with van der Waals surface area (Å²) < 4.78 is 64.1. The number of alkyl halides is 3. The van der Waals surface area contributed by atoms with Crippen molar-refractivity contribution in [2.45, 2.75) is 25.7 Å². The van der Waals surface area contributed by atoms with Crippen LogP contribution in [-0.2, 0) is 35.3 Å². The van der Waals surface area contributed by atoms with Crippen molar-refractivity contribution >= 4 is 5.91 Å². The Labute approximate surface area is 152 Å². The van der Waals surface area contributed by atoms with Crippen LogP contribution in [0.5, 0.6) is 5.75 Å². The van der Waals surface area contributed by atoms with Gasteiger partial charge in [-0.25, -0.2) is 4.39 Å². The number of amides is 1. The topological polar surface area (TPSA) is 65.4 Å². The number of hydrogen-bond donors (Lipinski definition) is 1. The zero-order valence-electron chi connectivity index (χ0n) is 14.2. The van der Waals surface area contributed by atoms with E-state index in [1.807, 2.05) is 0 Å². The lowest BCUT2D eigenvalue weighted by atomic mass is 10.1. The Kier molecular flexibility index (Phi) is 5.64. The highest BCUT2D eigenvalue weighted by Crippen LogP contribution is 2.34. The van der Waals surface area contributed by atoms with Crippen molar-refractivity contribution in [1.29, 1.82) is 0 Å². The molecule has 0 radical (unpaired) electrons. The second-order valence-corrected chi connectivity index (χ2v) is 5.87. The van der Waals surface area contributed by atoms with Crippen molar-refractivity contribution in [2.75, 3.05) is 19.8 Å². The van der Waals surface area contributed by atoms with Gasteiger partial charge in [0, 0.05) is 24.2 Å². The Morgan fingerprint density at radius 3 is 2.85 bits per heavy atom. The highest BCUT2D eigenvalue weighted by molar-refractivity contribution is 5.77. The summed E-state index contributed by atoms with van der Waals surface area (Å²) in [5, 5.41) is 6.16. The monoisotopic (exact) mass is 387 g/mol. The van der Waals surface area contributed by atoms with Crippen LogP contribution in [0.2, 0.25) is 0 Å². The minimum absolute atomic E-state index is 0.0444. The second-order valence-electron chi connectivity index (χ2n) is 5.87. The maximum atomic E-state index is 13.4. The fraction of sp³-hybridized carbons (Fsp3) is 0.412. The highest BCUT2D eigenvalue weighted by atomic mass is 19.4. The zero-order valence-corrected chi connectivity index (χ0v) is 14.2. The third-order valence-corrected chi connectivity index (χ3v) is 4.01. The Morgan fingerprint density at radius 1 is 1.33 bits per heavy atom. The van der Waals surface area contributed by atoms with Gasteiger partial charge in [0.25, 0.3) is 5.91 Å². The largest absolute Gasteiger partial charge is 0.481 e. The summed E-state index contributed by atoms with van der Waals surface area (Å²) in [5.41, 5.74) is -0.445. The molecule has 0 spiro atoms. The molecular weight excluding hydrogens is 370 g/mol. The number of hydrogen-bond acceptors (Lipinski definition) is 4. The number of para-hydroxylation sites is 1. The van der Waals surface area contributed by atoms with E-state index >= 15 is 0 Å². The van der Waals surface area contributed by atoms with Gasteiger partial charge in [0.2, 0.25) is 0 Å². The normalized spacial score (nSPS) is 13.9. The quantitative estimate of drug-likeness (QED) is 0.773. The molecule has 0 aliphatic carbocycles. The number of benzene rings is 1. The molecule has 2 heterocycles. The molecule has 3 rings (SSSR count). The molecule has 0 fully saturated rings. The van der Waals surface area contributed by atoms with Crippen molar-refractivity contribution in [1.82, 2.24) is 15.1 Å². The smallest absolute Gasteiger partial charge is 0.435 e. The third kappa shape index (κ3) is 4.57. The van der Waals surface area contributed by atoms with Crippen LogP contribution in [0, 0.1) is 5.82 Å². The predicted octanol–water partition coefficient (Wildman–Crippen LogP) is 2.31. The minimum Gasteiger partial charge on any atom is -0.481 e. The molecule has 0 bridgehead atoms. The van der Waals surface area contributed by atoms with Crippen LogP contribution >= 0.6 is 0 Å². The van der Waals surface area contributed by atoms with Gasteiger partial charge in [-0.1, -0.05) is 12.1 Å². The molecule has 2 aromatic rings. The van der Waals surface area contributed by atoms with Crippen molar-refractivity contribution < 1.29 is 31.8 Å². The van der Waals surface area contributed by atoms with E-state index in [9.17, 15) is 22.4 Å². The molecule has 0 saturated carbocycles. The highest BCUT2D eigenvalue weighted by Gasteiger charge is 2.39. The summed E-state index contributed by atoms with van der Waals surface area (Å²) in [7, 11) is 0. The molecule has 1 aliphatic heterocycles.